The molecular formula is C26H25ClF2N2O2S. The van der Waals surface area contributed by atoms with Crippen LogP contribution in [0.1, 0.15) is 21.9 Å². The monoisotopic (exact) mass is 502 g/mol. The van der Waals surface area contributed by atoms with E-state index in [9.17, 15) is 17.8 Å². The molecule has 1 saturated heterocycles. The summed E-state index contributed by atoms with van der Waals surface area (Å²) in [6.07, 6.45) is 0. The zero-order valence-corrected chi connectivity index (χ0v) is 20.1. The molecule has 0 radical (unpaired) electrons. The van der Waals surface area contributed by atoms with Gasteiger partial charge in [0.2, 0.25) is 5.91 Å². The van der Waals surface area contributed by atoms with Crippen LogP contribution >= 0.6 is 11.6 Å². The van der Waals surface area contributed by atoms with Crippen LogP contribution in [0.25, 0.3) is 0 Å². The van der Waals surface area contributed by atoms with E-state index in [4.69, 9.17) is 11.6 Å². The standard InChI is InChI=1S/C26H25ClF2N2O2S/c27-22-7-1-19(2-8-22)17-30-13-15-31(16-14-30)25(32)18-34(33)26(20-3-9-23(28)10-4-20)21-5-11-24(29)12-6-21/h1-12,26H,13-18H2. The van der Waals surface area contributed by atoms with E-state index in [1.165, 1.54) is 24.3 Å². The Bertz CT molecular complexity index is 1090. The van der Waals surface area contributed by atoms with Gasteiger partial charge in [0.15, 0.2) is 0 Å². The molecule has 3 aromatic carbocycles. The first-order valence-corrected chi connectivity index (χ1v) is 12.8. The van der Waals surface area contributed by atoms with Gasteiger partial charge in [-0.2, -0.15) is 0 Å². The average Bonchev–Trinajstić information content (AvgIpc) is 2.83. The van der Waals surface area contributed by atoms with E-state index < -0.39 is 27.7 Å². The maximum Gasteiger partial charge on any atom is 0.235 e. The van der Waals surface area contributed by atoms with Crippen molar-refractivity contribution >= 4 is 28.3 Å². The van der Waals surface area contributed by atoms with E-state index >= 15 is 0 Å². The molecule has 0 saturated carbocycles. The fourth-order valence-electron chi connectivity index (χ4n) is 4.07. The second-order valence-corrected chi connectivity index (χ2v) is 10.2. The van der Waals surface area contributed by atoms with Gasteiger partial charge in [0.25, 0.3) is 0 Å². The van der Waals surface area contributed by atoms with Crippen LogP contribution in [0.5, 0.6) is 0 Å². The Balaban J connectivity index is 1.39. The van der Waals surface area contributed by atoms with Crippen LogP contribution in [0.3, 0.4) is 0 Å². The molecule has 0 N–H and O–H groups in total. The number of hydrogen-bond donors (Lipinski definition) is 0. The van der Waals surface area contributed by atoms with Gasteiger partial charge >= 0.3 is 0 Å². The molecule has 1 amide bonds. The number of carbonyl (C=O) groups excluding carboxylic acids is 1. The van der Waals surface area contributed by atoms with E-state index in [1.807, 2.05) is 24.3 Å². The summed E-state index contributed by atoms with van der Waals surface area (Å²) in [6.45, 7) is 3.34. The van der Waals surface area contributed by atoms with Crippen molar-refractivity contribution in [3.63, 3.8) is 0 Å². The summed E-state index contributed by atoms with van der Waals surface area (Å²) in [5.41, 5.74) is 2.39. The normalized spacial score (nSPS) is 15.5. The lowest BCUT2D eigenvalue weighted by atomic mass is 10.0. The lowest BCUT2D eigenvalue weighted by Gasteiger charge is -2.35. The minimum absolute atomic E-state index is 0.156. The molecule has 0 spiro atoms. The van der Waals surface area contributed by atoms with Crippen molar-refractivity contribution in [3.8, 4) is 0 Å². The fourth-order valence-corrected chi connectivity index (χ4v) is 5.71. The highest BCUT2D eigenvalue weighted by molar-refractivity contribution is 7.86. The predicted octanol–water partition coefficient (Wildman–Crippen LogP) is 4.80. The third-order valence-electron chi connectivity index (χ3n) is 5.92. The van der Waals surface area contributed by atoms with Crippen LogP contribution in [0.15, 0.2) is 72.8 Å². The van der Waals surface area contributed by atoms with Crippen LogP contribution in [0.2, 0.25) is 5.02 Å². The van der Waals surface area contributed by atoms with Crippen molar-refractivity contribution in [2.45, 2.75) is 11.8 Å². The Labute approximate surface area is 205 Å². The lowest BCUT2D eigenvalue weighted by Crippen LogP contribution is -2.49. The number of amides is 1. The molecule has 1 unspecified atom stereocenters. The number of halogens is 3. The summed E-state index contributed by atoms with van der Waals surface area (Å²) in [5, 5.41) is 0.0445. The zero-order chi connectivity index (χ0) is 24.1. The number of carbonyl (C=O) groups is 1. The van der Waals surface area contributed by atoms with E-state index in [2.05, 4.69) is 4.90 Å². The minimum atomic E-state index is -1.61. The van der Waals surface area contributed by atoms with Crippen molar-refractivity contribution in [1.82, 2.24) is 9.80 Å². The summed E-state index contributed by atoms with van der Waals surface area (Å²) in [7, 11) is -1.61. The Hall–Kier alpha value is -2.61. The molecule has 3 aromatic rings. The van der Waals surface area contributed by atoms with Gasteiger partial charge in [0.05, 0.1) is 5.25 Å². The van der Waals surface area contributed by atoms with Crippen molar-refractivity contribution in [3.05, 3.63) is 106 Å². The van der Waals surface area contributed by atoms with Crippen LogP contribution < -0.4 is 0 Å². The van der Waals surface area contributed by atoms with Crippen molar-refractivity contribution < 1.29 is 17.8 Å². The Morgan fingerprint density at radius 1 is 0.824 bits per heavy atom. The van der Waals surface area contributed by atoms with Crippen molar-refractivity contribution in [2.24, 2.45) is 0 Å². The van der Waals surface area contributed by atoms with Gasteiger partial charge in [0, 0.05) is 48.5 Å². The molecular weight excluding hydrogens is 478 g/mol. The van der Waals surface area contributed by atoms with Gasteiger partial charge in [-0.25, -0.2) is 8.78 Å². The minimum Gasteiger partial charge on any atom is -0.339 e. The quantitative estimate of drug-likeness (QED) is 0.466. The van der Waals surface area contributed by atoms with Crippen molar-refractivity contribution in [2.75, 3.05) is 31.9 Å². The van der Waals surface area contributed by atoms with E-state index in [0.717, 1.165) is 25.2 Å². The number of hydrogen-bond acceptors (Lipinski definition) is 3. The van der Waals surface area contributed by atoms with Crippen LogP contribution in [-0.4, -0.2) is 51.8 Å². The number of rotatable bonds is 7. The lowest BCUT2D eigenvalue weighted by molar-refractivity contribution is -0.130. The summed E-state index contributed by atoms with van der Waals surface area (Å²) in [5.74, 6) is -1.14. The first kappa shape index (κ1) is 24.5. The van der Waals surface area contributed by atoms with Gasteiger partial charge in [-0.05, 0) is 53.1 Å². The van der Waals surface area contributed by atoms with Crippen molar-refractivity contribution in [1.29, 1.82) is 0 Å². The number of benzene rings is 3. The first-order chi connectivity index (χ1) is 16.4. The molecule has 0 aromatic heterocycles. The molecule has 4 rings (SSSR count). The molecule has 4 nitrogen and oxygen atoms in total. The van der Waals surface area contributed by atoms with Gasteiger partial charge in [-0.1, -0.05) is 48.0 Å². The smallest absolute Gasteiger partial charge is 0.235 e. The largest absolute Gasteiger partial charge is 0.339 e. The zero-order valence-electron chi connectivity index (χ0n) is 18.5. The maximum atomic E-state index is 13.5. The Morgan fingerprint density at radius 3 is 1.82 bits per heavy atom. The molecule has 1 heterocycles. The van der Waals surface area contributed by atoms with E-state index in [1.54, 1.807) is 29.2 Å². The molecule has 1 atom stereocenters. The van der Waals surface area contributed by atoms with Gasteiger partial charge in [0.1, 0.15) is 17.4 Å². The highest BCUT2D eigenvalue weighted by Gasteiger charge is 2.27. The molecule has 1 fully saturated rings. The molecule has 0 bridgehead atoms. The topological polar surface area (TPSA) is 40.6 Å². The van der Waals surface area contributed by atoms with Gasteiger partial charge in [-0.15, -0.1) is 0 Å². The predicted molar refractivity (Wildman–Crippen MR) is 131 cm³/mol. The second-order valence-electron chi connectivity index (χ2n) is 8.29. The number of nitrogens with zero attached hydrogens (tertiary/aromatic N) is 2. The maximum absolute atomic E-state index is 13.5. The van der Waals surface area contributed by atoms with Crippen LogP contribution in [0.4, 0.5) is 8.78 Å². The Kier molecular flexibility index (Phi) is 8.08. The summed E-state index contributed by atoms with van der Waals surface area (Å²) < 4.78 is 40.3. The number of piperazine rings is 1. The highest BCUT2D eigenvalue weighted by Crippen LogP contribution is 2.29. The van der Waals surface area contributed by atoms with Crippen LogP contribution in [-0.2, 0) is 22.1 Å². The third kappa shape index (κ3) is 6.29. The molecule has 8 heteroatoms. The second kappa shape index (κ2) is 11.2. The highest BCUT2D eigenvalue weighted by atomic mass is 35.5. The first-order valence-electron chi connectivity index (χ1n) is 11.0. The van der Waals surface area contributed by atoms with Gasteiger partial charge < -0.3 is 4.90 Å². The SMILES string of the molecule is O=C(CS(=O)C(c1ccc(F)cc1)c1ccc(F)cc1)N1CCN(Cc2ccc(Cl)cc2)CC1. The van der Waals surface area contributed by atoms with Crippen LogP contribution in [0, 0.1) is 11.6 Å². The molecule has 34 heavy (non-hydrogen) atoms. The summed E-state index contributed by atoms with van der Waals surface area (Å²) in [6, 6.07) is 19.1. The van der Waals surface area contributed by atoms with E-state index in [0.29, 0.717) is 29.2 Å². The van der Waals surface area contributed by atoms with Gasteiger partial charge in [-0.3, -0.25) is 13.9 Å². The fraction of sp³-hybridized carbons (Fsp3) is 0.269. The van der Waals surface area contributed by atoms with E-state index in [-0.39, 0.29) is 11.7 Å². The summed E-state index contributed by atoms with van der Waals surface area (Å²) in [4.78, 5) is 17.0. The Morgan fingerprint density at radius 2 is 1.32 bits per heavy atom. The molecule has 0 aliphatic carbocycles. The molecule has 1 aliphatic rings. The third-order valence-corrected chi connectivity index (χ3v) is 7.77. The average molecular weight is 503 g/mol. The molecule has 178 valence electrons. The summed E-state index contributed by atoms with van der Waals surface area (Å²) >= 11 is 5.95. The molecule has 1 aliphatic heterocycles.